The van der Waals surface area contributed by atoms with Crippen LogP contribution in [0, 0.1) is 0 Å². The Kier molecular flexibility index (Phi) is 7.28. The number of carbonyl (C=O) groups is 1. The van der Waals surface area contributed by atoms with Gasteiger partial charge in [0.25, 0.3) is 0 Å². The van der Waals surface area contributed by atoms with Gasteiger partial charge in [0.15, 0.2) is 0 Å². The summed E-state index contributed by atoms with van der Waals surface area (Å²) in [6.45, 7) is 7.31. The van der Waals surface area contributed by atoms with E-state index in [-0.39, 0.29) is 12.7 Å². The largest absolute Gasteiger partial charge is 0.457 e. The highest BCUT2D eigenvalue weighted by atomic mass is 28.1. The summed E-state index contributed by atoms with van der Waals surface area (Å²) in [6.07, 6.45) is 0.407. The molecule has 5 heteroatoms. The van der Waals surface area contributed by atoms with Crippen LogP contribution in [0.25, 0.3) is 0 Å². The predicted molar refractivity (Wildman–Crippen MR) is 57.5 cm³/mol. The molecule has 0 saturated carbocycles. The SMILES string of the molecule is C=C(C)C(=O)OC(CC)COC([Si])OC. The van der Waals surface area contributed by atoms with Gasteiger partial charge in [-0.2, -0.15) is 0 Å². The molecule has 3 radical (unpaired) electrons. The van der Waals surface area contributed by atoms with Crippen molar-refractivity contribution in [2.75, 3.05) is 13.7 Å². The normalized spacial score (nSPS) is 14.4. The highest BCUT2D eigenvalue weighted by molar-refractivity contribution is 6.09. The molecule has 0 aromatic rings. The van der Waals surface area contributed by atoms with E-state index < -0.39 is 11.9 Å². The minimum atomic E-state index is -0.484. The highest BCUT2D eigenvalue weighted by Crippen LogP contribution is 2.04. The van der Waals surface area contributed by atoms with E-state index in [1.165, 1.54) is 7.11 Å². The molecule has 0 aromatic heterocycles. The van der Waals surface area contributed by atoms with Crippen LogP contribution >= 0.6 is 0 Å². The summed E-state index contributed by atoms with van der Waals surface area (Å²) < 4.78 is 15.2. The summed E-state index contributed by atoms with van der Waals surface area (Å²) >= 11 is 0. The van der Waals surface area contributed by atoms with Gasteiger partial charge < -0.3 is 14.2 Å². The Balaban J connectivity index is 3.93. The first-order valence-electron chi connectivity index (χ1n) is 4.73. The zero-order chi connectivity index (χ0) is 11.8. The summed E-state index contributed by atoms with van der Waals surface area (Å²) in [5.74, 6) is -0.879. The van der Waals surface area contributed by atoms with E-state index in [1.54, 1.807) is 6.92 Å². The van der Waals surface area contributed by atoms with Crippen molar-refractivity contribution < 1.29 is 19.0 Å². The van der Waals surface area contributed by atoms with Crippen molar-refractivity contribution in [3.05, 3.63) is 12.2 Å². The Morgan fingerprint density at radius 1 is 1.53 bits per heavy atom. The molecule has 4 nitrogen and oxygen atoms in total. The Morgan fingerprint density at radius 2 is 2.13 bits per heavy atom. The third-order valence-corrected chi connectivity index (χ3v) is 2.13. The maximum Gasteiger partial charge on any atom is 0.333 e. The van der Waals surface area contributed by atoms with Gasteiger partial charge in [-0.3, -0.25) is 0 Å². The third-order valence-electron chi connectivity index (χ3n) is 1.73. The summed E-state index contributed by atoms with van der Waals surface area (Å²) in [7, 11) is 4.69. The maximum atomic E-state index is 11.2. The molecule has 0 spiro atoms. The van der Waals surface area contributed by atoms with Crippen molar-refractivity contribution in [1.82, 2.24) is 0 Å². The average Bonchev–Trinajstić information content (AvgIpc) is 2.22. The van der Waals surface area contributed by atoms with Crippen LogP contribution in [-0.4, -0.2) is 41.9 Å². The fourth-order valence-electron chi connectivity index (χ4n) is 0.750. The fourth-order valence-corrected chi connectivity index (χ4v) is 0.846. The topological polar surface area (TPSA) is 44.8 Å². The van der Waals surface area contributed by atoms with Crippen molar-refractivity contribution in [2.45, 2.75) is 32.3 Å². The van der Waals surface area contributed by atoms with Crippen molar-refractivity contribution in [3.63, 3.8) is 0 Å². The molecule has 0 amide bonds. The van der Waals surface area contributed by atoms with E-state index >= 15 is 0 Å². The second-order valence-corrected chi connectivity index (χ2v) is 3.59. The molecule has 2 atom stereocenters. The lowest BCUT2D eigenvalue weighted by atomic mass is 10.3. The average molecular weight is 229 g/mol. The summed E-state index contributed by atoms with van der Waals surface area (Å²) in [4.78, 5) is 11.2. The predicted octanol–water partition coefficient (Wildman–Crippen LogP) is 0.999. The van der Waals surface area contributed by atoms with E-state index in [0.717, 1.165) is 0 Å². The number of carbonyl (C=O) groups excluding carboxylic acids is 1. The van der Waals surface area contributed by atoms with Crippen LogP contribution in [-0.2, 0) is 19.0 Å². The Labute approximate surface area is 94.0 Å². The molecule has 0 aromatic carbocycles. The molecule has 0 saturated heterocycles. The van der Waals surface area contributed by atoms with Crippen LogP contribution < -0.4 is 0 Å². The van der Waals surface area contributed by atoms with Gasteiger partial charge in [-0.05, 0) is 13.3 Å². The zero-order valence-corrected chi connectivity index (χ0v) is 10.4. The standard InChI is InChI=1S/C10H17O4Si/c1-5-8(6-13-10(15)12-4)14-9(11)7(2)3/h8,10H,2,5-6H2,1,3-4H3. The third kappa shape index (κ3) is 6.43. The van der Waals surface area contributed by atoms with Gasteiger partial charge in [0.1, 0.15) is 22.3 Å². The lowest BCUT2D eigenvalue weighted by molar-refractivity contribution is -0.153. The number of hydrogen-bond acceptors (Lipinski definition) is 4. The molecule has 2 unspecified atom stereocenters. The Morgan fingerprint density at radius 3 is 2.53 bits per heavy atom. The van der Waals surface area contributed by atoms with Crippen molar-refractivity contribution in [2.24, 2.45) is 0 Å². The monoisotopic (exact) mass is 229 g/mol. The fraction of sp³-hybridized carbons (Fsp3) is 0.700. The van der Waals surface area contributed by atoms with Gasteiger partial charge in [0, 0.05) is 12.7 Å². The van der Waals surface area contributed by atoms with Crippen LogP contribution in [0.4, 0.5) is 0 Å². The van der Waals surface area contributed by atoms with E-state index in [2.05, 4.69) is 16.8 Å². The molecule has 0 aliphatic rings. The van der Waals surface area contributed by atoms with Crippen LogP contribution in [0.3, 0.4) is 0 Å². The molecule has 15 heavy (non-hydrogen) atoms. The zero-order valence-electron chi connectivity index (χ0n) is 9.41. The molecule has 85 valence electrons. The van der Waals surface area contributed by atoms with Gasteiger partial charge in [0.2, 0.25) is 0 Å². The number of hydrogen-bond donors (Lipinski definition) is 0. The first-order chi connectivity index (χ1) is 7.01. The van der Waals surface area contributed by atoms with Crippen LogP contribution in [0.5, 0.6) is 0 Å². The lowest BCUT2D eigenvalue weighted by Crippen LogP contribution is -2.27. The van der Waals surface area contributed by atoms with Crippen molar-refractivity contribution in [3.8, 4) is 0 Å². The molecule has 0 aliphatic heterocycles. The molecule has 0 N–H and O–H groups in total. The van der Waals surface area contributed by atoms with E-state index in [1.807, 2.05) is 6.92 Å². The van der Waals surface area contributed by atoms with Crippen LogP contribution in [0.15, 0.2) is 12.2 Å². The summed E-state index contributed by atoms with van der Waals surface area (Å²) in [6, 6.07) is 0. The van der Waals surface area contributed by atoms with E-state index in [4.69, 9.17) is 14.2 Å². The van der Waals surface area contributed by atoms with Crippen molar-refractivity contribution in [1.29, 1.82) is 0 Å². The molecule has 0 heterocycles. The van der Waals surface area contributed by atoms with E-state index in [0.29, 0.717) is 12.0 Å². The van der Waals surface area contributed by atoms with Crippen LogP contribution in [0.1, 0.15) is 20.3 Å². The molecule has 0 rings (SSSR count). The second kappa shape index (κ2) is 7.61. The molecule has 0 aliphatic carbocycles. The van der Waals surface area contributed by atoms with Gasteiger partial charge >= 0.3 is 5.97 Å². The molecule has 0 bridgehead atoms. The number of esters is 1. The first kappa shape index (κ1) is 14.3. The summed E-state index contributed by atoms with van der Waals surface area (Å²) in [5, 5.41) is 0. The Bertz CT molecular complexity index is 217. The van der Waals surface area contributed by atoms with Crippen molar-refractivity contribution >= 4 is 16.2 Å². The van der Waals surface area contributed by atoms with E-state index in [9.17, 15) is 4.79 Å². The lowest BCUT2D eigenvalue weighted by Gasteiger charge is -2.18. The molecule has 0 fully saturated rings. The minimum absolute atomic E-state index is 0.275. The van der Waals surface area contributed by atoms with Gasteiger partial charge in [-0.25, -0.2) is 4.79 Å². The van der Waals surface area contributed by atoms with Gasteiger partial charge in [-0.15, -0.1) is 0 Å². The second-order valence-electron chi connectivity index (χ2n) is 3.12. The minimum Gasteiger partial charge on any atom is -0.457 e. The summed E-state index contributed by atoms with van der Waals surface area (Å²) in [5.41, 5.74) is 0.384. The quantitative estimate of drug-likeness (QED) is 0.283. The smallest absolute Gasteiger partial charge is 0.333 e. The van der Waals surface area contributed by atoms with Gasteiger partial charge in [0.05, 0.1) is 6.61 Å². The maximum absolute atomic E-state index is 11.2. The van der Waals surface area contributed by atoms with Crippen LogP contribution in [0.2, 0.25) is 0 Å². The molecular formula is C10H17O4Si. The number of methoxy groups -OCH3 is 1. The molecular weight excluding hydrogens is 212 g/mol. The van der Waals surface area contributed by atoms with Gasteiger partial charge in [-0.1, -0.05) is 13.5 Å². The number of ether oxygens (including phenoxy) is 3. The number of rotatable bonds is 7. The highest BCUT2D eigenvalue weighted by Gasteiger charge is 2.14. The first-order valence-corrected chi connectivity index (χ1v) is 5.31. The Hall–Kier alpha value is -0.653.